The quantitative estimate of drug-likeness (QED) is 0.311. The fourth-order valence-electron chi connectivity index (χ4n) is 4.25. The number of carbonyl (C=O) groups is 2. The molecule has 34 heavy (non-hydrogen) atoms. The van der Waals surface area contributed by atoms with Crippen molar-refractivity contribution in [2.75, 3.05) is 32.8 Å². The number of amides is 1. The number of ketones is 1. The van der Waals surface area contributed by atoms with Gasteiger partial charge in [-0.2, -0.15) is 0 Å². The van der Waals surface area contributed by atoms with E-state index in [0.717, 1.165) is 25.1 Å². The molecular formula is C27H33FN2O4. The minimum atomic E-state index is -1.01. The number of aliphatic hydroxyl groups is 1. The average molecular weight is 469 g/mol. The summed E-state index contributed by atoms with van der Waals surface area (Å²) in [5, 5.41) is 11.2. The Balaban J connectivity index is 2.09. The van der Waals surface area contributed by atoms with Crippen LogP contribution in [0.1, 0.15) is 49.9 Å². The first-order chi connectivity index (χ1) is 16.3. The Bertz CT molecular complexity index is 1080. The third kappa shape index (κ3) is 5.14. The van der Waals surface area contributed by atoms with Gasteiger partial charge in [0.2, 0.25) is 0 Å². The van der Waals surface area contributed by atoms with Crippen LogP contribution in [0.2, 0.25) is 0 Å². The van der Waals surface area contributed by atoms with Crippen LogP contribution in [0.3, 0.4) is 0 Å². The molecule has 182 valence electrons. The summed E-state index contributed by atoms with van der Waals surface area (Å²) in [6.45, 7) is 10.8. The molecule has 0 spiro atoms. The smallest absolute Gasteiger partial charge is 0.295 e. The maximum Gasteiger partial charge on any atom is 0.295 e. The normalized spacial score (nSPS) is 17.6. The number of carbonyl (C=O) groups excluding carboxylic acids is 2. The SMILES string of the molecule is CCCOc1ccc(C(O)=C2C(=O)C(=O)N(CCN(CC)CC)C2c2ccccc2F)cc1C. The first-order valence-corrected chi connectivity index (χ1v) is 11.8. The fraction of sp³-hybridized carbons (Fsp3) is 0.407. The lowest BCUT2D eigenvalue weighted by atomic mass is 9.94. The van der Waals surface area contributed by atoms with Crippen LogP contribution in [0.15, 0.2) is 48.0 Å². The van der Waals surface area contributed by atoms with Gasteiger partial charge in [0.1, 0.15) is 17.3 Å². The number of aliphatic hydroxyl groups excluding tert-OH is 1. The lowest BCUT2D eigenvalue weighted by Gasteiger charge is -2.28. The van der Waals surface area contributed by atoms with Gasteiger partial charge in [0.15, 0.2) is 0 Å². The Morgan fingerprint density at radius 1 is 1.12 bits per heavy atom. The van der Waals surface area contributed by atoms with Gasteiger partial charge in [0.05, 0.1) is 18.2 Å². The topological polar surface area (TPSA) is 70.1 Å². The van der Waals surface area contributed by atoms with Crippen molar-refractivity contribution in [1.82, 2.24) is 9.80 Å². The Morgan fingerprint density at radius 3 is 2.44 bits per heavy atom. The second-order valence-corrected chi connectivity index (χ2v) is 8.37. The number of likely N-dealkylation sites (N-methyl/N-ethyl adjacent to an activating group) is 1. The molecule has 0 aliphatic carbocycles. The standard InChI is InChI=1S/C27H33FN2O4/c1-5-16-34-22-13-12-19(17-18(22)4)25(31)23-24(20-10-8-9-11-21(20)28)30(27(33)26(23)32)15-14-29(6-2)7-3/h8-13,17,24,31H,5-7,14-16H2,1-4H3. The number of halogens is 1. The zero-order valence-corrected chi connectivity index (χ0v) is 20.3. The third-order valence-corrected chi connectivity index (χ3v) is 6.20. The van der Waals surface area contributed by atoms with E-state index in [1.165, 1.54) is 11.0 Å². The second-order valence-electron chi connectivity index (χ2n) is 8.37. The zero-order valence-electron chi connectivity index (χ0n) is 20.3. The molecule has 3 rings (SSSR count). The van der Waals surface area contributed by atoms with Crippen LogP contribution in [-0.2, 0) is 9.59 Å². The van der Waals surface area contributed by atoms with E-state index in [4.69, 9.17) is 4.74 Å². The summed E-state index contributed by atoms with van der Waals surface area (Å²) in [5.74, 6) is -1.71. The highest BCUT2D eigenvalue weighted by atomic mass is 19.1. The number of aryl methyl sites for hydroxylation is 1. The molecule has 0 saturated carbocycles. The van der Waals surface area contributed by atoms with E-state index in [1.807, 2.05) is 27.7 Å². The van der Waals surface area contributed by atoms with Gasteiger partial charge in [-0.3, -0.25) is 9.59 Å². The van der Waals surface area contributed by atoms with E-state index in [0.29, 0.717) is 24.5 Å². The molecule has 1 atom stereocenters. The van der Waals surface area contributed by atoms with Crippen molar-refractivity contribution in [1.29, 1.82) is 0 Å². The van der Waals surface area contributed by atoms with Crippen molar-refractivity contribution in [3.05, 3.63) is 70.5 Å². The van der Waals surface area contributed by atoms with Gasteiger partial charge in [0.25, 0.3) is 11.7 Å². The monoisotopic (exact) mass is 468 g/mol. The minimum Gasteiger partial charge on any atom is -0.507 e. The molecule has 1 unspecified atom stereocenters. The van der Waals surface area contributed by atoms with Gasteiger partial charge >= 0.3 is 0 Å². The molecule has 1 heterocycles. The summed E-state index contributed by atoms with van der Waals surface area (Å²) in [7, 11) is 0. The van der Waals surface area contributed by atoms with Crippen LogP contribution >= 0.6 is 0 Å². The Morgan fingerprint density at radius 2 is 1.82 bits per heavy atom. The van der Waals surface area contributed by atoms with Crippen LogP contribution in [0.25, 0.3) is 5.76 Å². The van der Waals surface area contributed by atoms with Gasteiger partial charge in [-0.25, -0.2) is 4.39 Å². The van der Waals surface area contributed by atoms with Gasteiger partial charge in [-0.1, -0.05) is 39.0 Å². The molecule has 1 amide bonds. The minimum absolute atomic E-state index is 0.101. The predicted octanol–water partition coefficient (Wildman–Crippen LogP) is 4.69. The van der Waals surface area contributed by atoms with Crippen LogP contribution < -0.4 is 4.74 Å². The molecule has 1 fully saturated rings. The first kappa shape index (κ1) is 25.4. The molecule has 0 aromatic heterocycles. The molecule has 1 N–H and O–H groups in total. The second kappa shape index (κ2) is 11.3. The van der Waals surface area contributed by atoms with Gasteiger partial charge in [0, 0.05) is 24.2 Å². The summed E-state index contributed by atoms with van der Waals surface area (Å²) < 4.78 is 20.6. The van der Waals surface area contributed by atoms with Crippen LogP contribution in [0.5, 0.6) is 5.75 Å². The lowest BCUT2D eigenvalue weighted by Crippen LogP contribution is -2.38. The molecule has 2 aromatic carbocycles. The summed E-state index contributed by atoms with van der Waals surface area (Å²) in [4.78, 5) is 29.7. The van der Waals surface area contributed by atoms with Crippen molar-refractivity contribution in [2.45, 2.75) is 40.2 Å². The maximum absolute atomic E-state index is 14.9. The Kier molecular flexibility index (Phi) is 8.45. The maximum atomic E-state index is 14.9. The molecule has 0 radical (unpaired) electrons. The van der Waals surface area contributed by atoms with Crippen LogP contribution in [0, 0.1) is 12.7 Å². The molecule has 1 aliphatic rings. The van der Waals surface area contributed by atoms with Gasteiger partial charge < -0.3 is 19.6 Å². The van der Waals surface area contributed by atoms with E-state index in [2.05, 4.69) is 4.90 Å². The molecule has 0 bridgehead atoms. The number of nitrogens with zero attached hydrogens (tertiary/aromatic N) is 2. The number of benzene rings is 2. The summed E-state index contributed by atoms with van der Waals surface area (Å²) in [6, 6.07) is 10.1. The number of rotatable bonds is 10. The van der Waals surface area contributed by atoms with Crippen molar-refractivity contribution >= 4 is 17.4 Å². The van der Waals surface area contributed by atoms with Gasteiger partial charge in [-0.15, -0.1) is 0 Å². The zero-order chi connectivity index (χ0) is 24.8. The van der Waals surface area contributed by atoms with Crippen molar-refractivity contribution in [3.8, 4) is 5.75 Å². The van der Waals surface area contributed by atoms with Crippen molar-refractivity contribution in [2.24, 2.45) is 0 Å². The molecule has 6 nitrogen and oxygen atoms in total. The van der Waals surface area contributed by atoms with E-state index in [-0.39, 0.29) is 23.4 Å². The summed E-state index contributed by atoms with van der Waals surface area (Å²) >= 11 is 0. The summed E-state index contributed by atoms with van der Waals surface area (Å²) in [6.07, 6.45) is 0.862. The Labute approximate surface area is 200 Å². The summed E-state index contributed by atoms with van der Waals surface area (Å²) in [5.41, 5.74) is 1.25. The van der Waals surface area contributed by atoms with Crippen LogP contribution in [-0.4, -0.2) is 59.4 Å². The van der Waals surface area contributed by atoms with Crippen molar-refractivity contribution < 1.29 is 23.8 Å². The largest absolute Gasteiger partial charge is 0.507 e. The fourth-order valence-corrected chi connectivity index (χ4v) is 4.25. The van der Waals surface area contributed by atoms with E-state index in [9.17, 15) is 19.1 Å². The number of hydrogen-bond acceptors (Lipinski definition) is 5. The Hall–Kier alpha value is -3.19. The number of ether oxygens (including phenoxy) is 1. The molecule has 2 aromatic rings. The first-order valence-electron chi connectivity index (χ1n) is 11.8. The van der Waals surface area contributed by atoms with Gasteiger partial charge in [-0.05, 0) is 56.3 Å². The van der Waals surface area contributed by atoms with Crippen molar-refractivity contribution in [3.63, 3.8) is 0 Å². The number of likely N-dealkylation sites (tertiary alicyclic amines) is 1. The highest BCUT2D eigenvalue weighted by Gasteiger charge is 2.46. The van der Waals surface area contributed by atoms with E-state index >= 15 is 0 Å². The third-order valence-electron chi connectivity index (χ3n) is 6.20. The van der Waals surface area contributed by atoms with Crippen LogP contribution in [0.4, 0.5) is 4.39 Å². The number of hydrogen-bond donors (Lipinski definition) is 1. The predicted molar refractivity (Wildman–Crippen MR) is 130 cm³/mol. The molecule has 1 aliphatic heterocycles. The van der Waals surface area contributed by atoms with E-state index < -0.39 is 23.5 Å². The number of Topliss-reactive ketones (excluding diaryl/α,β-unsaturated/α-hetero) is 1. The average Bonchev–Trinajstić information content (AvgIpc) is 3.08. The molecular weight excluding hydrogens is 435 g/mol. The molecule has 1 saturated heterocycles. The van der Waals surface area contributed by atoms with E-state index in [1.54, 1.807) is 36.4 Å². The highest BCUT2D eigenvalue weighted by Crippen LogP contribution is 2.40. The highest BCUT2D eigenvalue weighted by molar-refractivity contribution is 6.46. The molecule has 7 heteroatoms. The lowest BCUT2D eigenvalue weighted by molar-refractivity contribution is -0.140.